The molecule has 0 heterocycles. The van der Waals surface area contributed by atoms with Gasteiger partial charge in [0, 0.05) is 5.56 Å². The van der Waals surface area contributed by atoms with E-state index < -0.39 is 23.3 Å². The molecule has 0 radical (unpaired) electrons. The van der Waals surface area contributed by atoms with Crippen molar-refractivity contribution in [1.82, 2.24) is 0 Å². The number of hydrogen-bond acceptors (Lipinski definition) is 3. The number of carbonyl (C=O) groups excluding carboxylic acids is 2. The molecule has 0 saturated heterocycles. The fraction of sp³-hybridized carbons (Fsp3) is 0.125. The van der Waals surface area contributed by atoms with Crippen molar-refractivity contribution in [3.63, 3.8) is 0 Å². The van der Waals surface area contributed by atoms with Gasteiger partial charge in [0.05, 0.1) is 18.2 Å². The second-order valence-electron chi connectivity index (χ2n) is 4.49. The molecule has 0 aliphatic rings. The van der Waals surface area contributed by atoms with Crippen LogP contribution in [0.4, 0.5) is 13.2 Å². The van der Waals surface area contributed by atoms with Gasteiger partial charge in [-0.25, -0.2) is 4.79 Å². The van der Waals surface area contributed by atoms with Crippen LogP contribution in [-0.2, 0) is 10.9 Å². The summed E-state index contributed by atoms with van der Waals surface area (Å²) in [5, 5.41) is 0. The Morgan fingerprint density at radius 1 is 1.05 bits per heavy atom. The van der Waals surface area contributed by atoms with Crippen LogP contribution in [-0.4, -0.2) is 19.4 Å². The molecular weight excluding hydrogens is 297 g/mol. The minimum atomic E-state index is -4.68. The fourth-order valence-corrected chi connectivity index (χ4v) is 2.00. The van der Waals surface area contributed by atoms with Gasteiger partial charge < -0.3 is 4.74 Å². The molecule has 0 atom stereocenters. The van der Waals surface area contributed by atoms with E-state index >= 15 is 0 Å². The van der Waals surface area contributed by atoms with Crippen LogP contribution in [0.15, 0.2) is 42.5 Å². The van der Waals surface area contributed by atoms with Gasteiger partial charge in [-0.3, -0.25) is 4.79 Å². The molecule has 0 amide bonds. The topological polar surface area (TPSA) is 43.4 Å². The van der Waals surface area contributed by atoms with E-state index in [0.29, 0.717) is 17.4 Å². The van der Waals surface area contributed by atoms with Crippen molar-refractivity contribution in [2.75, 3.05) is 7.11 Å². The zero-order valence-corrected chi connectivity index (χ0v) is 11.5. The van der Waals surface area contributed by atoms with Gasteiger partial charge in [-0.2, -0.15) is 13.2 Å². The van der Waals surface area contributed by atoms with E-state index in [9.17, 15) is 22.8 Å². The lowest BCUT2D eigenvalue weighted by Gasteiger charge is -2.13. The number of methoxy groups -OCH3 is 1. The van der Waals surface area contributed by atoms with Crippen LogP contribution in [0.25, 0.3) is 11.1 Å². The van der Waals surface area contributed by atoms with E-state index in [1.807, 2.05) is 0 Å². The van der Waals surface area contributed by atoms with Crippen molar-refractivity contribution in [1.29, 1.82) is 0 Å². The Labute approximate surface area is 124 Å². The smallest absolute Gasteiger partial charge is 0.417 e. The maximum absolute atomic E-state index is 13.1. The lowest BCUT2D eigenvalue weighted by molar-refractivity contribution is -0.138. The highest BCUT2D eigenvalue weighted by atomic mass is 19.4. The van der Waals surface area contributed by atoms with E-state index in [1.54, 1.807) is 0 Å². The highest BCUT2D eigenvalue weighted by molar-refractivity contribution is 5.92. The van der Waals surface area contributed by atoms with E-state index in [1.165, 1.54) is 30.3 Å². The summed E-state index contributed by atoms with van der Waals surface area (Å²) in [6, 6.07) is 9.46. The third kappa shape index (κ3) is 3.16. The first-order valence-electron chi connectivity index (χ1n) is 6.22. The maximum atomic E-state index is 13.1. The molecule has 3 nitrogen and oxygen atoms in total. The second kappa shape index (κ2) is 6.01. The number of alkyl halides is 3. The van der Waals surface area contributed by atoms with Gasteiger partial charge in [-0.15, -0.1) is 0 Å². The van der Waals surface area contributed by atoms with Crippen molar-refractivity contribution in [2.45, 2.75) is 6.18 Å². The van der Waals surface area contributed by atoms with Crippen LogP contribution >= 0.6 is 0 Å². The van der Waals surface area contributed by atoms with Crippen molar-refractivity contribution >= 4 is 12.3 Å². The Balaban J connectivity index is 2.54. The van der Waals surface area contributed by atoms with Gasteiger partial charge in [0.1, 0.15) is 6.29 Å². The highest BCUT2D eigenvalue weighted by Crippen LogP contribution is 2.35. The quantitative estimate of drug-likeness (QED) is 0.636. The number of halogens is 3. The molecular formula is C16H11F3O3. The van der Waals surface area contributed by atoms with E-state index in [0.717, 1.165) is 19.2 Å². The second-order valence-corrected chi connectivity index (χ2v) is 4.49. The molecule has 0 aliphatic heterocycles. The number of esters is 1. The van der Waals surface area contributed by atoms with Gasteiger partial charge in [-0.1, -0.05) is 30.3 Å². The first kappa shape index (κ1) is 15.8. The average molecular weight is 308 g/mol. The molecule has 0 aromatic heterocycles. The molecule has 0 fully saturated rings. The van der Waals surface area contributed by atoms with Crippen molar-refractivity contribution < 1.29 is 27.5 Å². The molecule has 0 N–H and O–H groups in total. The van der Waals surface area contributed by atoms with Gasteiger partial charge >= 0.3 is 12.1 Å². The molecule has 0 aliphatic carbocycles. The van der Waals surface area contributed by atoms with Crippen molar-refractivity contribution in [2.24, 2.45) is 0 Å². The van der Waals surface area contributed by atoms with Crippen LogP contribution in [0.3, 0.4) is 0 Å². The Morgan fingerprint density at radius 3 is 2.14 bits per heavy atom. The SMILES string of the molecule is COC(=O)c1ccc(-c2ccc(C=O)cc2)cc1C(F)(F)F. The summed E-state index contributed by atoms with van der Waals surface area (Å²) in [4.78, 5) is 22.0. The van der Waals surface area contributed by atoms with E-state index in [-0.39, 0.29) is 5.56 Å². The first-order chi connectivity index (χ1) is 10.4. The molecule has 0 bridgehead atoms. The summed E-state index contributed by atoms with van der Waals surface area (Å²) in [5.74, 6) is -1.05. The molecule has 22 heavy (non-hydrogen) atoms. The normalized spacial score (nSPS) is 11.1. The maximum Gasteiger partial charge on any atom is 0.417 e. The summed E-state index contributed by atoms with van der Waals surface area (Å²) in [5.41, 5.74) is -0.379. The third-order valence-corrected chi connectivity index (χ3v) is 3.11. The highest BCUT2D eigenvalue weighted by Gasteiger charge is 2.35. The Bertz CT molecular complexity index is 704. The molecule has 0 spiro atoms. The first-order valence-corrected chi connectivity index (χ1v) is 6.22. The number of rotatable bonds is 3. The Hall–Kier alpha value is -2.63. The Morgan fingerprint density at radius 2 is 1.64 bits per heavy atom. The number of carbonyl (C=O) groups is 2. The monoisotopic (exact) mass is 308 g/mol. The summed E-state index contributed by atoms with van der Waals surface area (Å²) < 4.78 is 43.7. The summed E-state index contributed by atoms with van der Waals surface area (Å²) >= 11 is 0. The van der Waals surface area contributed by atoms with Crippen LogP contribution in [0.1, 0.15) is 26.3 Å². The van der Waals surface area contributed by atoms with Gasteiger partial charge in [0.2, 0.25) is 0 Å². The Kier molecular flexibility index (Phi) is 4.30. The van der Waals surface area contributed by atoms with E-state index in [2.05, 4.69) is 4.74 Å². The van der Waals surface area contributed by atoms with Gasteiger partial charge in [0.25, 0.3) is 0 Å². The average Bonchev–Trinajstić information content (AvgIpc) is 2.53. The van der Waals surface area contributed by atoms with Crippen LogP contribution in [0.2, 0.25) is 0 Å². The molecule has 2 aromatic carbocycles. The van der Waals surface area contributed by atoms with Gasteiger partial charge in [0.15, 0.2) is 0 Å². The zero-order valence-electron chi connectivity index (χ0n) is 11.5. The zero-order chi connectivity index (χ0) is 16.3. The van der Waals surface area contributed by atoms with E-state index in [4.69, 9.17) is 0 Å². The molecule has 114 valence electrons. The molecule has 2 rings (SSSR count). The van der Waals surface area contributed by atoms with Crippen LogP contribution in [0.5, 0.6) is 0 Å². The largest absolute Gasteiger partial charge is 0.465 e. The minimum absolute atomic E-state index is 0.289. The standard InChI is InChI=1S/C16H11F3O3/c1-22-15(21)13-7-6-12(8-14(13)16(17,18)19)11-4-2-10(9-20)3-5-11/h2-9H,1H3. The predicted molar refractivity (Wildman–Crippen MR) is 73.6 cm³/mol. The lowest BCUT2D eigenvalue weighted by atomic mass is 9.98. The lowest BCUT2D eigenvalue weighted by Crippen LogP contribution is -2.14. The predicted octanol–water partition coefficient (Wildman–Crippen LogP) is 3.97. The van der Waals surface area contributed by atoms with Gasteiger partial charge in [-0.05, 0) is 23.3 Å². The summed E-state index contributed by atoms with van der Waals surface area (Å²) in [7, 11) is 1.02. The minimum Gasteiger partial charge on any atom is -0.465 e. The van der Waals surface area contributed by atoms with Crippen molar-refractivity contribution in [3.05, 3.63) is 59.2 Å². The van der Waals surface area contributed by atoms with Crippen LogP contribution < -0.4 is 0 Å². The van der Waals surface area contributed by atoms with Crippen LogP contribution in [0, 0.1) is 0 Å². The molecule has 6 heteroatoms. The number of hydrogen-bond donors (Lipinski definition) is 0. The molecule has 2 aromatic rings. The summed E-state index contributed by atoms with van der Waals surface area (Å²) in [6.07, 6.45) is -4.03. The molecule has 0 saturated carbocycles. The number of benzene rings is 2. The summed E-state index contributed by atoms with van der Waals surface area (Å²) in [6.45, 7) is 0. The van der Waals surface area contributed by atoms with Crippen molar-refractivity contribution in [3.8, 4) is 11.1 Å². The number of ether oxygens (including phenoxy) is 1. The molecule has 0 unspecified atom stereocenters. The fourth-order valence-electron chi connectivity index (χ4n) is 2.00. The number of aldehydes is 1. The third-order valence-electron chi connectivity index (χ3n) is 3.11.